The van der Waals surface area contributed by atoms with Crippen molar-refractivity contribution in [3.05, 3.63) is 48.3 Å². The number of pyridine rings is 1. The Kier molecular flexibility index (Phi) is 4.58. The van der Waals surface area contributed by atoms with Crippen molar-refractivity contribution in [1.82, 2.24) is 20.5 Å². The molecule has 2 N–H and O–H groups in total. The van der Waals surface area contributed by atoms with Crippen molar-refractivity contribution in [3.63, 3.8) is 0 Å². The standard InChI is InChI=1S/C23H28N4O/c1-22(2)13-15(14-23(3,4)27-22)10-17-7-8-19(26-25-17)18-12-20-16(11-21(18)28)6-5-9-24-20/h5-9,11-12,15,27-28H,10,13-14H2,1-4H3. The largest absolute Gasteiger partial charge is 0.507 e. The second-order valence-corrected chi connectivity index (χ2v) is 9.35. The van der Waals surface area contributed by atoms with Crippen LogP contribution in [-0.4, -0.2) is 31.4 Å². The zero-order valence-electron chi connectivity index (χ0n) is 17.0. The van der Waals surface area contributed by atoms with E-state index in [1.165, 1.54) is 0 Å². The predicted molar refractivity (Wildman–Crippen MR) is 112 cm³/mol. The lowest BCUT2D eigenvalue weighted by Crippen LogP contribution is -2.58. The maximum absolute atomic E-state index is 10.4. The zero-order valence-corrected chi connectivity index (χ0v) is 17.0. The van der Waals surface area contributed by atoms with Gasteiger partial charge >= 0.3 is 0 Å². The molecule has 4 rings (SSSR count). The van der Waals surface area contributed by atoms with Gasteiger partial charge in [-0.2, -0.15) is 10.2 Å². The molecule has 0 aliphatic carbocycles. The van der Waals surface area contributed by atoms with E-state index in [4.69, 9.17) is 0 Å². The van der Waals surface area contributed by atoms with Gasteiger partial charge in [-0.25, -0.2) is 0 Å². The molecule has 1 saturated heterocycles. The number of phenols is 1. The molecule has 1 aliphatic rings. The predicted octanol–water partition coefficient (Wildman–Crippen LogP) is 4.50. The number of nitrogens with zero attached hydrogens (tertiary/aromatic N) is 3. The molecule has 5 heteroatoms. The lowest BCUT2D eigenvalue weighted by molar-refractivity contribution is 0.128. The first-order chi connectivity index (χ1) is 13.2. The minimum absolute atomic E-state index is 0.129. The van der Waals surface area contributed by atoms with Crippen LogP contribution in [0.3, 0.4) is 0 Å². The van der Waals surface area contributed by atoms with E-state index in [1.807, 2.05) is 30.3 Å². The number of aromatic hydroxyl groups is 1. The van der Waals surface area contributed by atoms with Gasteiger partial charge in [-0.15, -0.1) is 0 Å². The van der Waals surface area contributed by atoms with Gasteiger partial charge in [0.15, 0.2) is 0 Å². The van der Waals surface area contributed by atoms with Gasteiger partial charge in [0.1, 0.15) is 5.75 Å². The van der Waals surface area contributed by atoms with Gasteiger partial charge in [0, 0.05) is 28.2 Å². The summed E-state index contributed by atoms with van der Waals surface area (Å²) in [4.78, 5) is 4.37. The van der Waals surface area contributed by atoms with E-state index in [9.17, 15) is 5.11 Å². The number of nitrogens with one attached hydrogen (secondary N) is 1. The molecular formula is C23H28N4O. The van der Waals surface area contributed by atoms with Crippen molar-refractivity contribution in [2.24, 2.45) is 5.92 Å². The quantitative estimate of drug-likeness (QED) is 0.704. The van der Waals surface area contributed by atoms with E-state index < -0.39 is 0 Å². The number of benzene rings is 1. The first-order valence-electron chi connectivity index (χ1n) is 9.91. The van der Waals surface area contributed by atoms with Crippen molar-refractivity contribution in [2.75, 3.05) is 0 Å². The lowest BCUT2D eigenvalue weighted by atomic mass is 9.74. The summed E-state index contributed by atoms with van der Waals surface area (Å²) in [5.74, 6) is 0.772. The zero-order chi connectivity index (χ0) is 19.9. The number of aromatic nitrogens is 3. The molecule has 3 aromatic rings. The van der Waals surface area contributed by atoms with E-state index >= 15 is 0 Å². The fourth-order valence-corrected chi connectivity index (χ4v) is 4.90. The molecule has 146 valence electrons. The molecule has 0 bridgehead atoms. The van der Waals surface area contributed by atoms with Crippen LogP contribution >= 0.6 is 0 Å². The molecule has 0 spiro atoms. The van der Waals surface area contributed by atoms with Crippen molar-refractivity contribution >= 4 is 10.9 Å². The molecule has 0 atom stereocenters. The molecule has 5 nitrogen and oxygen atoms in total. The smallest absolute Gasteiger partial charge is 0.125 e. The highest BCUT2D eigenvalue weighted by Gasteiger charge is 2.37. The maximum Gasteiger partial charge on any atom is 0.125 e. The van der Waals surface area contributed by atoms with Gasteiger partial charge in [-0.1, -0.05) is 6.07 Å². The van der Waals surface area contributed by atoms with Gasteiger partial charge in [-0.05, 0) is 83.2 Å². The van der Waals surface area contributed by atoms with Gasteiger partial charge in [-0.3, -0.25) is 4.98 Å². The third-order valence-corrected chi connectivity index (χ3v) is 5.49. The van der Waals surface area contributed by atoms with E-state index in [2.05, 4.69) is 48.2 Å². The van der Waals surface area contributed by atoms with Crippen LogP contribution in [0.4, 0.5) is 0 Å². The lowest BCUT2D eigenvalue weighted by Gasteiger charge is -2.46. The highest BCUT2D eigenvalue weighted by Crippen LogP contribution is 2.35. The Hall–Kier alpha value is -2.53. The molecule has 0 unspecified atom stereocenters. The van der Waals surface area contributed by atoms with Crippen LogP contribution in [0.2, 0.25) is 0 Å². The monoisotopic (exact) mass is 376 g/mol. The molecule has 1 aliphatic heterocycles. The Morgan fingerprint density at radius 1 is 1.04 bits per heavy atom. The first-order valence-corrected chi connectivity index (χ1v) is 9.91. The van der Waals surface area contributed by atoms with Crippen LogP contribution in [-0.2, 0) is 6.42 Å². The highest BCUT2D eigenvalue weighted by molar-refractivity contribution is 5.86. The minimum Gasteiger partial charge on any atom is -0.507 e. The second kappa shape index (κ2) is 6.82. The van der Waals surface area contributed by atoms with Crippen LogP contribution in [0, 0.1) is 5.92 Å². The summed E-state index contributed by atoms with van der Waals surface area (Å²) in [7, 11) is 0. The van der Waals surface area contributed by atoms with Gasteiger partial charge < -0.3 is 10.4 Å². The topological polar surface area (TPSA) is 70.9 Å². The Morgan fingerprint density at radius 3 is 2.46 bits per heavy atom. The number of hydrogen-bond acceptors (Lipinski definition) is 5. The van der Waals surface area contributed by atoms with E-state index in [-0.39, 0.29) is 16.8 Å². The fraction of sp³-hybridized carbons (Fsp3) is 0.435. The molecule has 0 saturated carbocycles. The molecule has 28 heavy (non-hydrogen) atoms. The Balaban J connectivity index is 1.55. The SMILES string of the molecule is CC1(C)CC(Cc2ccc(-c3cc4ncccc4cc3O)nn2)CC(C)(C)N1. The second-order valence-electron chi connectivity index (χ2n) is 9.35. The van der Waals surface area contributed by atoms with Crippen LogP contribution in [0.15, 0.2) is 42.6 Å². The van der Waals surface area contributed by atoms with Crippen molar-refractivity contribution in [1.29, 1.82) is 0 Å². The average Bonchev–Trinajstić information content (AvgIpc) is 2.59. The van der Waals surface area contributed by atoms with Crippen LogP contribution < -0.4 is 5.32 Å². The summed E-state index contributed by atoms with van der Waals surface area (Å²) in [6.45, 7) is 9.08. The highest BCUT2D eigenvalue weighted by atomic mass is 16.3. The summed E-state index contributed by atoms with van der Waals surface area (Å²) < 4.78 is 0. The van der Waals surface area contributed by atoms with Gasteiger partial charge in [0.05, 0.1) is 16.9 Å². The molecule has 2 aromatic heterocycles. The van der Waals surface area contributed by atoms with Crippen molar-refractivity contribution in [3.8, 4) is 17.0 Å². The Morgan fingerprint density at radius 2 is 1.79 bits per heavy atom. The molecule has 1 aromatic carbocycles. The number of rotatable bonds is 3. The summed E-state index contributed by atoms with van der Waals surface area (Å²) in [5, 5.41) is 23.9. The Bertz CT molecular complexity index is 979. The third-order valence-electron chi connectivity index (χ3n) is 5.49. The fourth-order valence-electron chi connectivity index (χ4n) is 4.90. The summed E-state index contributed by atoms with van der Waals surface area (Å²) in [6.07, 6.45) is 4.92. The molecule has 0 amide bonds. The van der Waals surface area contributed by atoms with E-state index in [0.29, 0.717) is 17.2 Å². The van der Waals surface area contributed by atoms with Crippen LogP contribution in [0.25, 0.3) is 22.2 Å². The van der Waals surface area contributed by atoms with Gasteiger partial charge in [0.2, 0.25) is 0 Å². The van der Waals surface area contributed by atoms with E-state index in [0.717, 1.165) is 35.9 Å². The normalized spacial score (nSPS) is 19.0. The third kappa shape index (κ3) is 3.99. The van der Waals surface area contributed by atoms with Crippen molar-refractivity contribution in [2.45, 2.75) is 58.0 Å². The van der Waals surface area contributed by atoms with Gasteiger partial charge in [0.25, 0.3) is 0 Å². The Labute approximate surface area is 166 Å². The van der Waals surface area contributed by atoms with Crippen molar-refractivity contribution < 1.29 is 5.11 Å². The summed E-state index contributed by atoms with van der Waals surface area (Å²) >= 11 is 0. The summed E-state index contributed by atoms with van der Waals surface area (Å²) in [5.41, 5.74) is 3.42. The summed E-state index contributed by atoms with van der Waals surface area (Å²) in [6, 6.07) is 11.4. The van der Waals surface area contributed by atoms with Crippen LogP contribution in [0.1, 0.15) is 46.2 Å². The van der Waals surface area contributed by atoms with E-state index in [1.54, 1.807) is 12.3 Å². The molecule has 1 fully saturated rings. The average molecular weight is 377 g/mol. The molecule has 3 heterocycles. The number of hydrogen-bond donors (Lipinski definition) is 2. The molecule has 0 radical (unpaired) electrons. The first kappa shape index (κ1) is 18.8. The number of fused-ring (bicyclic) bond motifs is 1. The molecular weight excluding hydrogens is 348 g/mol. The minimum atomic E-state index is 0.129. The number of phenolic OH excluding ortho intramolecular Hbond substituents is 1. The number of piperidine rings is 1. The van der Waals surface area contributed by atoms with Crippen LogP contribution in [0.5, 0.6) is 5.75 Å². The maximum atomic E-state index is 10.4.